The van der Waals surface area contributed by atoms with Crippen LogP contribution in [0.5, 0.6) is 0 Å². The summed E-state index contributed by atoms with van der Waals surface area (Å²) < 4.78 is 36.6. The van der Waals surface area contributed by atoms with E-state index in [1.807, 2.05) is 56.6 Å². The first-order valence-electron chi connectivity index (χ1n) is 9.18. The fraction of sp³-hybridized carbons (Fsp3) is 0.368. The van der Waals surface area contributed by atoms with Gasteiger partial charge in [-0.2, -0.15) is 20.2 Å². The molecule has 0 atom stereocenters. The van der Waals surface area contributed by atoms with Crippen LogP contribution in [0.4, 0.5) is 0 Å². The molecule has 29 heavy (non-hydrogen) atoms. The average molecular weight is 436 g/mol. The number of nitrogens with zero attached hydrogens (tertiary/aromatic N) is 3. The van der Waals surface area contributed by atoms with E-state index < -0.39 is 10.2 Å². The second kappa shape index (κ2) is 9.95. The Kier molecular flexibility index (Phi) is 7.34. The normalized spacial score (nSPS) is 15.3. The Labute approximate surface area is 175 Å². The highest BCUT2D eigenvalue weighted by Gasteiger charge is 2.23. The third kappa shape index (κ3) is 6.91. The van der Waals surface area contributed by atoms with Gasteiger partial charge in [0.15, 0.2) is 11.7 Å². The van der Waals surface area contributed by atoms with E-state index in [0.29, 0.717) is 13.1 Å². The van der Waals surface area contributed by atoms with Crippen molar-refractivity contribution in [3.63, 3.8) is 0 Å². The number of benzene rings is 1. The van der Waals surface area contributed by atoms with E-state index in [1.54, 1.807) is 11.8 Å². The summed E-state index contributed by atoms with van der Waals surface area (Å²) in [4.78, 5) is 2.06. The van der Waals surface area contributed by atoms with Crippen molar-refractivity contribution in [1.82, 2.24) is 15.5 Å². The van der Waals surface area contributed by atoms with Crippen molar-refractivity contribution in [2.24, 2.45) is 8.80 Å². The predicted molar refractivity (Wildman–Crippen MR) is 117 cm³/mol. The summed E-state index contributed by atoms with van der Waals surface area (Å²) in [6.45, 7) is 1.81. The summed E-state index contributed by atoms with van der Waals surface area (Å²) in [7, 11) is 0.185. The van der Waals surface area contributed by atoms with Crippen LogP contribution in [0.2, 0.25) is 0 Å². The molecule has 1 aliphatic rings. The van der Waals surface area contributed by atoms with E-state index >= 15 is 0 Å². The van der Waals surface area contributed by atoms with Gasteiger partial charge >= 0.3 is 10.2 Å². The molecule has 3 rings (SSSR count). The highest BCUT2D eigenvalue weighted by atomic mass is 32.2. The van der Waals surface area contributed by atoms with Crippen LogP contribution >= 0.6 is 11.8 Å². The third-order valence-electron chi connectivity index (χ3n) is 3.91. The SMILES string of the molecule is CN(C)Cc1ccc(CSCCNC2=NS(=O)(=O)N=C2NCc2ccccc2)o1. The predicted octanol–water partition coefficient (Wildman–Crippen LogP) is 2.01. The number of furan rings is 1. The number of nitrogens with one attached hydrogen (secondary N) is 2. The highest BCUT2D eigenvalue weighted by Crippen LogP contribution is 2.16. The van der Waals surface area contributed by atoms with Gasteiger partial charge in [-0.1, -0.05) is 30.3 Å². The Bertz CT molecular complexity index is 969. The molecule has 1 aromatic heterocycles. The lowest BCUT2D eigenvalue weighted by atomic mass is 10.2. The number of thioether (sulfide) groups is 1. The fourth-order valence-corrected chi connectivity index (χ4v) is 4.21. The van der Waals surface area contributed by atoms with Gasteiger partial charge in [0, 0.05) is 18.8 Å². The molecular formula is C19H25N5O3S2. The minimum absolute atomic E-state index is 0.248. The Balaban J connectivity index is 1.43. The third-order valence-corrected chi connectivity index (χ3v) is 5.72. The van der Waals surface area contributed by atoms with Gasteiger partial charge in [-0.05, 0) is 31.8 Å². The zero-order valence-electron chi connectivity index (χ0n) is 16.5. The molecule has 1 aliphatic heterocycles. The van der Waals surface area contributed by atoms with Gasteiger partial charge in [-0.3, -0.25) is 0 Å². The summed E-state index contributed by atoms with van der Waals surface area (Å²) >= 11 is 1.70. The Morgan fingerprint density at radius 1 is 1.00 bits per heavy atom. The quantitative estimate of drug-likeness (QED) is 0.581. The lowest BCUT2D eigenvalue weighted by Crippen LogP contribution is -2.39. The van der Waals surface area contributed by atoms with Gasteiger partial charge in [0.25, 0.3) is 0 Å². The second-order valence-electron chi connectivity index (χ2n) is 6.75. The summed E-state index contributed by atoms with van der Waals surface area (Å²) in [6, 6.07) is 13.7. The molecule has 156 valence electrons. The largest absolute Gasteiger partial charge is 0.464 e. The molecule has 2 heterocycles. The standard InChI is InChI=1S/C19H25N5O3S2/c1-24(2)13-16-8-9-17(27-16)14-28-11-10-20-18-19(23-29(25,26)22-18)21-12-15-6-4-3-5-7-15/h3-9H,10-14H2,1-2H3,(H,20,22)(H,21,23). The molecule has 0 saturated carbocycles. The Hall–Kier alpha value is -2.30. The van der Waals surface area contributed by atoms with Crippen LogP contribution in [0.1, 0.15) is 17.1 Å². The van der Waals surface area contributed by atoms with Crippen molar-refractivity contribution in [2.45, 2.75) is 18.8 Å². The minimum atomic E-state index is -3.82. The molecule has 0 bridgehead atoms. The van der Waals surface area contributed by atoms with Crippen LogP contribution in [0.3, 0.4) is 0 Å². The van der Waals surface area contributed by atoms with Gasteiger partial charge in [-0.15, -0.1) is 8.80 Å². The molecule has 0 fully saturated rings. The fourth-order valence-electron chi connectivity index (χ4n) is 2.66. The summed E-state index contributed by atoms with van der Waals surface area (Å²) in [5, 5.41) is 6.10. The highest BCUT2D eigenvalue weighted by molar-refractivity contribution is 7.98. The van der Waals surface area contributed by atoms with Crippen LogP contribution in [-0.4, -0.2) is 51.4 Å². The minimum Gasteiger partial charge on any atom is -0.464 e. The number of amidine groups is 2. The van der Waals surface area contributed by atoms with Gasteiger partial charge < -0.3 is 20.0 Å². The van der Waals surface area contributed by atoms with Crippen LogP contribution < -0.4 is 10.6 Å². The maximum absolute atomic E-state index is 11.7. The van der Waals surface area contributed by atoms with Gasteiger partial charge in [-0.25, -0.2) is 0 Å². The Morgan fingerprint density at radius 2 is 1.69 bits per heavy atom. The zero-order valence-corrected chi connectivity index (χ0v) is 18.1. The van der Waals surface area contributed by atoms with Gasteiger partial charge in [0.05, 0.1) is 12.3 Å². The molecule has 1 aromatic carbocycles. The lowest BCUT2D eigenvalue weighted by Gasteiger charge is -2.09. The Morgan fingerprint density at radius 3 is 2.41 bits per heavy atom. The lowest BCUT2D eigenvalue weighted by molar-refractivity contribution is 0.344. The van der Waals surface area contributed by atoms with E-state index in [9.17, 15) is 8.42 Å². The van der Waals surface area contributed by atoms with Crippen LogP contribution in [0.15, 0.2) is 55.7 Å². The smallest absolute Gasteiger partial charge is 0.367 e. The van der Waals surface area contributed by atoms with E-state index in [4.69, 9.17) is 4.42 Å². The molecule has 0 saturated heterocycles. The molecular weight excluding hydrogens is 410 g/mol. The maximum atomic E-state index is 11.7. The van der Waals surface area contributed by atoms with Gasteiger partial charge in [0.2, 0.25) is 0 Å². The van der Waals surface area contributed by atoms with Crippen molar-refractivity contribution in [3.05, 3.63) is 59.5 Å². The van der Waals surface area contributed by atoms with E-state index in [0.717, 1.165) is 35.1 Å². The summed E-state index contributed by atoms with van der Waals surface area (Å²) in [5.41, 5.74) is 1.03. The molecule has 0 amide bonds. The van der Waals surface area contributed by atoms with Crippen molar-refractivity contribution < 1.29 is 12.8 Å². The molecule has 8 nitrogen and oxygen atoms in total. The monoisotopic (exact) mass is 435 g/mol. The maximum Gasteiger partial charge on any atom is 0.367 e. The summed E-state index contributed by atoms with van der Waals surface area (Å²) in [5.74, 6) is 3.91. The molecule has 0 spiro atoms. The average Bonchev–Trinajstić information content (AvgIpc) is 3.23. The first-order chi connectivity index (χ1) is 13.9. The molecule has 2 N–H and O–H groups in total. The molecule has 0 unspecified atom stereocenters. The molecule has 10 heteroatoms. The van der Waals surface area contributed by atoms with Crippen molar-refractivity contribution in [1.29, 1.82) is 0 Å². The van der Waals surface area contributed by atoms with Crippen LogP contribution in [0.25, 0.3) is 0 Å². The van der Waals surface area contributed by atoms with E-state index in [1.165, 1.54) is 0 Å². The van der Waals surface area contributed by atoms with Gasteiger partial charge in [0.1, 0.15) is 11.5 Å². The van der Waals surface area contributed by atoms with Crippen molar-refractivity contribution >= 4 is 33.6 Å². The number of hydrogen-bond donors (Lipinski definition) is 2. The van der Waals surface area contributed by atoms with Crippen LogP contribution in [-0.2, 0) is 29.1 Å². The van der Waals surface area contributed by atoms with Crippen molar-refractivity contribution in [3.8, 4) is 0 Å². The summed E-state index contributed by atoms with van der Waals surface area (Å²) in [6.07, 6.45) is 0. The second-order valence-corrected chi connectivity index (χ2v) is 9.12. The number of rotatable bonds is 9. The molecule has 0 radical (unpaired) electrons. The first kappa shape index (κ1) is 21.4. The van der Waals surface area contributed by atoms with E-state index in [-0.39, 0.29) is 11.7 Å². The molecule has 2 aromatic rings. The topological polar surface area (TPSA) is 99.3 Å². The number of hydrogen-bond acceptors (Lipinski definition) is 7. The first-order valence-corrected chi connectivity index (χ1v) is 11.7. The molecule has 0 aliphatic carbocycles. The van der Waals surface area contributed by atoms with E-state index in [2.05, 4.69) is 24.3 Å². The van der Waals surface area contributed by atoms with Crippen molar-refractivity contribution in [2.75, 3.05) is 26.4 Å². The zero-order chi connectivity index (χ0) is 20.7. The van der Waals surface area contributed by atoms with Crippen LogP contribution in [0, 0.1) is 0 Å².